The van der Waals surface area contributed by atoms with Crippen molar-refractivity contribution in [3.8, 4) is 0 Å². The van der Waals surface area contributed by atoms with Gasteiger partial charge in [0.1, 0.15) is 38.1 Å². The van der Waals surface area contributed by atoms with Crippen molar-refractivity contribution in [1.82, 2.24) is 0 Å². The predicted octanol–water partition coefficient (Wildman–Crippen LogP) is 3.09. The molecule has 12 nitrogen and oxygen atoms in total. The first-order valence-electron chi connectivity index (χ1n) is 15.7. The highest BCUT2D eigenvalue weighted by molar-refractivity contribution is 5.90. The highest BCUT2D eigenvalue weighted by Gasteiger charge is 2.31. The Balaban J connectivity index is 1.48. The molecule has 0 radical (unpaired) electrons. The fourth-order valence-corrected chi connectivity index (χ4v) is 4.30. The average molecular weight is 669 g/mol. The smallest absolute Gasteiger partial charge is 0.338 e. The second-order valence-electron chi connectivity index (χ2n) is 11.3. The fraction of sp³-hybridized carbons (Fsp3) is 0.417. The van der Waals surface area contributed by atoms with Crippen LogP contribution in [0.3, 0.4) is 0 Å². The lowest BCUT2D eigenvalue weighted by Crippen LogP contribution is -2.40. The van der Waals surface area contributed by atoms with E-state index in [-0.39, 0.29) is 59.5 Å². The van der Waals surface area contributed by atoms with Gasteiger partial charge in [-0.2, -0.15) is 0 Å². The summed E-state index contributed by atoms with van der Waals surface area (Å²) < 4.78 is 32.9. The summed E-state index contributed by atoms with van der Waals surface area (Å²) in [6, 6.07) is 25.2. The summed E-state index contributed by atoms with van der Waals surface area (Å²) in [6.45, 7) is 0.733. The van der Waals surface area contributed by atoms with E-state index in [2.05, 4.69) is 0 Å². The van der Waals surface area contributed by atoms with Crippen molar-refractivity contribution in [2.24, 2.45) is 5.41 Å². The molecule has 3 unspecified atom stereocenters. The van der Waals surface area contributed by atoms with Crippen LogP contribution in [0, 0.1) is 5.41 Å². The molecule has 0 saturated carbocycles. The minimum absolute atomic E-state index is 0.0470. The number of aliphatic hydroxyl groups is 3. The zero-order chi connectivity index (χ0) is 34.6. The number of benzene rings is 3. The first kappa shape index (κ1) is 38.3. The Morgan fingerprint density at radius 2 is 0.771 bits per heavy atom. The molecule has 48 heavy (non-hydrogen) atoms. The molecule has 0 saturated heterocycles. The molecular formula is C36H44O12. The van der Waals surface area contributed by atoms with Crippen LogP contribution in [0.15, 0.2) is 91.0 Å². The van der Waals surface area contributed by atoms with E-state index in [0.29, 0.717) is 23.1 Å². The van der Waals surface area contributed by atoms with Crippen LogP contribution in [0.1, 0.15) is 44.4 Å². The molecule has 260 valence electrons. The molecule has 0 amide bonds. The molecule has 0 aliphatic heterocycles. The van der Waals surface area contributed by atoms with E-state index in [1.807, 2.05) is 6.92 Å². The van der Waals surface area contributed by atoms with Gasteiger partial charge in [0.2, 0.25) is 0 Å². The topological polar surface area (TPSA) is 167 Å². The Labute approximate surface area is 280 Å². The molecule has 0 aliphatic carbocycles. The quantitative estimate of drug-likeness (QED) is 0.106. The highest BCUT2D eigenvalue weighted by Crippen LogP contribution is 2.24. The molecule has 0 spiro atoms. The normalized spacial score (nSPS) is 14.2. The first-order chi connectivity index (χ1) is 23.2. The Kier molecular flexibility index (Phi) is 16.7. The minimum Gasteiger partial charge on any atom is -0.459 e. The molecule has 0 fully saturated rings. The number of carbonyl (C=O) groups is 3. The number of hydrogen-bond donors (Lipinski definition) is 3. The molecule has 0 aliphatic rings. The van der Waals surface area contributed by atoms with Crippen molar-refractivity contribution >= 4 is 17.9 Å². The van der Waals surface area contributed by atoms with E-state index in [1.54, 1.807) is 91.0 Å². The summed E-state index contributed by atoms with van der Waals surface area (Å²) >= 11 is 0. The third-order valence-electron chi connectivity index (χ3n) is 7.15. The lowest BCUT2D eigenvalue weighted by Gasteiger charge is -2.33. The molecular weight excluding hydrogens is 624 g/mol. The molecule has 0 heterocycles. The molecule has 0 bridgehead atoms. The molecule has 3 atom stereocenters. The summed E-state index contributed by atoms with van der Waals surface area (Å²) in [4.78, 5) is 36.6. The lowest BCUT2D eigenvalue weighted by atomic mass is 9.88. The highest BCUT2D eigenvalue weighted by atomic mass is 16.6. The van der Waals surface area contributed by atoms with Gasteiger partial charge in [-0.25, -0.2) is 14.4 Å². The first-order valence-corrected chi connectivity index (χ1v) is 15.7. The maximum atomic E-state index is 12.2. The van der Waals surface area contributed by atoms with Gasteiger partial charge in [0, 0.05) is 5.41 Å². The lowest BCUT2D eigenvalue weighted by molar-refractivity contribution is -0.108. The maximum absolute atomic E-state index is 12.2. The molecule has 0 aromatic heterocycles. The van der Waals surface area contributed by atoms with Gasteiger partial charge < -0.3 is 43.7 Å². The van der Waals surface area contributed by atoms with Crippen molar-refractivity contribution in [3.63, 3.8) is 0 Å². The van der Waals surface area contributed by atoms with Crippen molar-refractivity contribution in [2.45, 2.75) is 31.7 Å². The molecule has 12 heteroatoms. The summed E-state index contributed by atoms with van der Waals surface area (Å²) in [6.07, 6.45) is -2.83. The predicted molar refractivity (Wildman–Crippen MR) is 173 cm³/mol. The molecule has 3 aromatic rings. The third-order valence-corrected chi connectivity index (χ3v) is 7.15. The summed E-state index contributed by atoms with van der Waals surface area (Å²) in [7, 11) is 0. The Morgan fingerprint density at radius 1 is 0.500 bits per heavy atom. The Morgan fingerprint density at radius 3 is 1.02 bits per heavy atom. The van der Waals surface area contributed by atoms with Gasteiger partial charge in [-0.15, -0.1) is 0 Å². The van der Waals surface area contributed by atoms with Crippen LogP contribution in [0.4, 0.5) is 0 Å². The number of ether oxygens (including phenoxy) is 6. The monoisotopic (exact) mass is 668 g/mol. The molecule has 3 N–H and O–H groups in total. The van der Waals surface area contributed by atoms with Gasteiger partial charge in [0.15, 0.2) is 0 Å². The standard InChI is InChI=1S/C36H44O12/c1-2-36(24-43-18-30(37)21-46-33(40)27-12-6-3-7-13-27,25-44-19-31(38)22-47-34(41)28-14-8-4-9-15-28)26-45-20-32(39)23-48-35(42)29-16-10-5-11-17-29/h3-17,30-32,37-39H,2,18-26H2,1H3. The van der Waals surface area contributed by atoms with E-state index in [4.69, 9.17) is 28.4 Å². The number of carbonyl (C=O) groups excluding carboxylic acids is 3. The SMILES string of the molecule is CCC(COCC(O)COC(=O)c1ccccc1)(COCC(O)COC(=O)c1ccccc1)COCC(O)COC(=O)c1ccccc1. The Hall–Kier alpha value is -4.17. The van der Waals surface area contributed by atoms with Gasteiger partial charge in [-0.05, 0) is 42.8 Å². The number of rotatable bonds is 22. The third kappa shape index (κ3) is 13.9. The largest absolute Gasteiger partial charge is 0.459 e. The van der Waals surface area contributed by atoms with E-state index in [0.717, 1.165) is 0 Å². The van der Waals surface area contributed by atoms with Gasteiger partial charge in [-0.3, -0.25) is 0 Å². The second-order valence-corrected chi connectivity index (χ2v) is 11.3. The van der Waals surface area contributed by atoms with Crippen LogP contribution in [-0.2, 0) is 28.4 Å². The average Bonchev–Trinajstić information content (AvgIpc) is 3.12. The fourth-order valence-electron chi connectivity index (χ4n) is 4.30. The number of esters is 3. The summed E-state index contributed by atoms with van der Waals surface area (Å²) in [5.41, 5.74) is 0.290. The van der Waals surface area contributed by atoms with Crippen LogP contribution >= 0.6 is 0 Å². The zero-order valence-electron chi connectivity index (χ0n) is 27.0. The van der Waals surface area contributed by atoms with Gasteiger partial charge in [-0.1, -0.05) is 61.5 Å². The Bertz CT molecular complexity index is 1190. The van der Waals surface area contributed by atoms with Crippen molar-refractivity contribution in [1.29, 1.82) is 0 Å². The maximum Gasteiger partial charge on any atom is 0.338 e. The minimum atomic E-state index is -1.10. The van der Waals surface area contributed by atoms with Gasteiger partial charge >= 0.3 is 17.9 Å². The van der Waals surface area contributed by atoms with Crippen LogP contribution in [0.25, 0.3) is 0 Å². The van der Waals surface area contributed by atoms with E-state index < -0.39 is 41.6 Å². The summed E-state index contributed by atoms with van der Waals surface area (Å²) in [5.74, 6) is -1.71. The van der Waals surface area contributed by atoms with Crippen LogP contribution in [0.5, 0.6) is 0 Å². The van der Waals surface area contributed by atoms with Crippen LogP contribution in [-0.4, -0.2) is 111 Å². The van der Waals surface area contributed by atoms with E-state index >= 15 is 0 Å². The molecule has 3 rings (SSSR count). The number of aliphatic hydroxyl groups excluding tert-OH is 3. The van der Waals surface area contributed by atoms with Crippen molar-refractivity contribution in [3.05, 3.63) is 108 Å². The van der Waals surface area contributed by atoms with E-state index in [9.17, 15) is 29.7 Å². The van der Waals surface area contributed by atoms with Gasteiger partial charge in [0.05, 0.1) is 56.3 Å². The summed E-state index contributed by atoms with van der Waals surface area (Å²) in [5, 5.41) is 31.1. The number of hydrogen-bond acceptors (Lipinski definition) is 12. The van der Waals surface area contributed by atoms with Crippen molar-refractivity contribution in [2.75, 3.05) is 59.5 Å². The van der Waals surface area contributed by atoms with Gasteiger partial charge in [0.25, 0.3) is 0 Å². The zero-order valence-corrected chi connectivity index (χ0v) is 27.0. The van der Waals surface area contributed by atoms with E-state index in [1.165, 1.54) is 0 Å². The van der Waals surface area contributed by atoms with Crippen LogP contribution in [0.2, 0.25) is 0 Å². The van der Waals surface area contributed by atoms with Crippen molar-refractivity contribution < 1.29 is 58.1 Å². The molecule has 3 aromatic carbocycles. The van der Waals surface area contributed by atoms with Crippen LogP contribution < -0.4 is 0 Å². The second kappa shape index (κ2) is 20.9.